The van der Waals surface area contributed by atoms with Crippen molar-refractivity contribution >= 4 is 5.97 Å². The van der Waals surface area contributed by atoms with Crippen molar-refractivity contribution in [3.8, 4) is 6.07 Å². The van der Waals surface area contributed by atoms with Crippen LogP contribution in [0.5, 0.6) is 0 Å². The second-order valence-electron chi connectivity index (χ2n) is 3.29. The Morgan fingerprint density at radius 1 is 1.64 bits per heavy atom. The second kappa shape index (κ2) is 7.34. The van der Waals surface area contributed by atoms with Crippen molar-refractivity contribution in [2.24, 2.45) is 5.92 Å². The predicted molar refractivity (Wildman–Crippen MR) is 51.3 cm³/mol. The first-order valence-electron chi connectivity index (χ1n) is 4.86. The third-order valence-electron chi connectivity index (χ3n) is 1.76. The Bertz CT molecular complexity index is 208. The summed E-state index contributed by atoms with van der Waals surface area (Å²) in [5, 5.41) is 17.7. The summed E-state index contributed by atoms with van der Waals surface area (Å²) >= 11 is 0. The molecule has 1 N–H and O–H groups in total. The minimum absolute atomic E-state index is 0.140. The molecule has 2 atom stereocenters. The zero-order valence-electron chi connectivity index (χ0n) is 8.69. The maximum atomic E-state index is 11.2. The molecule has 0 spiro atoms. The summed E-state index contributed by atoms with van der Waals surface area (Å²) in [5.41, 5.74) is 0. The molecule has 0 aliphatic carbocycles. The fraction of sp³-hybridized carbons (Fsp3) is 0.800. The van der Waals surface area contributed by atoms with Gasteiger partial charge in [-0.25, -0.2) is 0 Å². The van der Waals surface area contributed by atoms with Gasteiger partial charge in [-0.1, -0.05) is 13.3 Å². The summed E-state index contributed by atoms with van der Waals surface area (Å²) in [7, 11) is 0. The third kappa shape index (κ3) is 5.55. The minimum Gasteiger partial charge on any atom is -0.465 e. The molecule has 0 aromatic rings. The van der Waals surface area contributed by atoms with Crippen LogP contribution in [-0.4, -0.2) is 23.8 Å². The highest BCUT2D eigenvalue weighted by Gasteiger charge is 2.20. The number of ether oxygens (including phenoxy) is 1. The second-order valence-corrected chi connectivity index (χ2v) is 3.29. The number of nitrogens with zero attached hydrogens (tertiary/aromatic N) is 1. The summed E-state index contributed by atoms with van der Waals surface area (Å²) < 4.78 is 4.86. The van der Waals surface area contributed by atoms with Gasteiger partial charge < -0.3 is 9.84 Å². The van der Waals surface area contributed by atoms with Crippen LogP contribution in [0.15, 0.2) is 0 Å². The lowest BCUT2D eigenvalue weighted by Gasteiger charge is -2.10. The quantitative estimate of drug-likeness (QED) is 0.516. The molecule has 0 bridgehead atoms. The molecular formula is C10H17NO3. The van der Waals surface area contributed by atoms with Crippen LogP contribution in [0.4, 0.5) is 0 Å². The molecule has 4 heteroatoms. The molecule has 14 heavy (non-hydrogen) atoms. The molecule has 4 nitrogen and oxygen atoms in total. The van der Waals surface area contributed by atoms with Gasteiger partial charge in [0.1, 0.15) is 5.92 Å². The zero-order valence-corrected chi connectivity index (χ0v) is 8.69. The van der Waals surface area contributed by atoms with E-state index in [0.717, 1.165) is 12.8 Å². The largest absolute Gasteiger partial charge is 0.465 e. The van der Waals surface area contributed by atoms with E-state index in [1.165, 1.54) is 0 Å². The fourth-order valence-corrected chi connectivity index (χ4v) is 0.960. The molecule has 0 aliphatic rings. The van der Waals surface area contributed by atoms with E-state index in [0.29, 0.717) is 6.61 Å². The summed E-state index contributed by atoms with van der Waals surface area (Å²) in [4.78, 5) is 11.2. The number of rotatable bonds is 6. The molecule has 0 rings (SSSR count). The van der Waals surface area contributed by atoms with Crippen molar-refractivity contribution in [1.29, 1.82) is 5.26 Å². The van der Waals surface area contributed by atoms with E-state index in [2.05, 4.69) is 0 Å². The number of aliphatic hydroxyl groups excluding tert-OH is 1. The van der Waals surface area contributed by atoms with Gasteiger partial charge in [-0.3, -0.25) is 4.79 Å². The van der Waals surface area contributed by atoms with Gasteiger partial charge in [0.2, 0.25) is 0 Å². The van der Waals surface area contributed by atoms with Crippen molar-refractivity contribution in [3.63, 3.8) is 0 Å². The van der Waals surface area contributed by atoms with Gasteiger partial charge in [-0.15, -0.1) is 0 Å². The Labute approximate surface area is 84.5 Å². The molecule has 0 aliphatic heterocycles. The number of aliphatic hydroxyl groups is 1. The molecule has 0 aromatic carbocycles. The standard InChI is InChI=1S/C10H17NO3/c1-3-4-5-14-10(13)9(7-11)6-8(2)12/h8-9,12H,3-6H2,1-2H3. The van der Waals surface area contributed by atoms with Gasteiger partial charge in [-0.05, 0) is 19.8 Å². The lowest BCUT2D eigenvalue weighted by Crippen LogP contribution is -2.20. The number of unbranched alkanes of at least 4 members (excludes halogenated alkanes) is 1. The first-order chi connectivity index (χ1) is 6.61. The smallest absolute Gasteiger partial charge is 0.323 e. The van der Waals surface area contributed by atoms with Crippen LogP contribution in [0.25, 0.3) is 0 Å². The van der Waals surface area contributed by atoms with Gasteiger partial charge in [0.05, 0.1) is 18.8 Å². The number of esters is 1. The number of hydrogen-bond donors (Lipinski definition) is 1. The van der Waals surface area contributed by atoms with Crippen LogP contribution in [0.2, 0.25) is 0 Å². The Hall–Kier alpha value is -1.08. The number of carbonyl (C=O) groups is 1. The normalized spacial score (nSPS) is 14.1. The van der Waals surface area contributed by atoms with E-state index < -0.39 is 18.0 Å². The van der Waals surface area contributed by atoms with E-state index in [1.54, 1.807) is 6.92 Å². The van der Waals surface area contributed by atoms with Crippen LogP contribution in [0.3, 0.4) is 0 Å². The molecule has 0 aromatic heterocycles. The molecule has 2 unspecified atom stereocenters. The van der Waals surface area contributed by atoms with Gasteiger partial charge in [-0.2, -0.15) is 5.26 Å². The molecule has 0 saturated carbocycles. The highest BCUT2D eigenvalue weighted by molar-refractivity contribution is 5.75. The number of nitriles is 1. The molecule has 80 valence electrons. The van der Waals surface area contributed by atoms with E-state index >= 15 is 0 Å². The topological polar surface area (TPSA) is 70.3 Å². The third-order valence-corrected chi connectivity index (χ3v) is 1.76. The lowest BCUT2D eigenvalue weighted by molar-refractivity contribution is -0.147. The summed E-state index contributed by atoms with van der Waals surface area (Å²) in [6.45, 7) is 3.89. The molecule has 0 heterocycles. The molecular weight excluding hydrogens is 182 g/mol. The minimum atomic E-state index is -0.841. The highest BCUT2D eigenvalue weighted by Crippen LogP contribution is 2.08. The summed E-state index contributed by atoms with van der Waals surface area (Å²) in [6.07, 6.45) is 1.24. The summed E-state index contributed by atoms with van der Waals surface area (Å²) in [6, 6.07) is 1.83. The monoisotopic (exact) mass is 199 g/mol. The molecule has 0 radical (unpaired) electrons. The van der Waals surface area contributed by atoms with Crippen LogP contribution < -0.4 is 0 Å². The van der Waals surface area contributed by atoms with E-state index in [4.69, 9.17) is 15.1 Å². The van der Waals surface area contributed by atoms with Crippen LogP contribution in [-0.2, 0) is 9.53 Å². The van der Waals surface area contributed by atoms with E-state index in [-0.39, 0.29) is 6.42 Å². The van der Waals surface area contributed by atoms with Crippen LogP contribution >= 0.6 is 0 Å². The Kier molecular flexibility index (Phi) is 6.77. The number of hydrogen-bond acceptors (Lipinski definition) is 4. The fourth-order valence-electron chi connectivity index (χ4n) is 0.960. The maximum Gasteiger partial charge on any atom is 0.323 e. The predicted octanol–water partition coefficient (Wildman–Crippen LogP) is 1.24. The average Bonchev–Trinajstić information content (AvgIpc) is 2.14. The van der Waals surface area contributed by atoms with Crippen molar-refractivity contribution in [2.45, 2.75) is 39.2 Å². The van der Waals surface area contributed by atoms with Gasteiger partial charge in [0, 0.05) is 0 Å². The first kappa shape index (κ1) is 12.9. The highest BCUT2D eigenvalue weighted by atomic mass is 16.5. The van der Waals surface area contributed by atoms with Gasteiger partial charge in [0.25, 0.3) is 0 Å². The molecule has 0 amide bonds. The molecule has 0 saturated heterocycles. The SMILES string of the molecule is CCCCOC(=O)C(C#N)CC(C)O. The van der Waals surface area contributed by atoms with Gasteiger partial charge >= 0.3 is 5.97 Å². The lowest BCUT2D eigenvalue weighted by atomic mass is 10.0. The Morgan fingerprint density at radius 2 is 2.29 bits per heavy atom. The van der Waals surface area contributed by atoms with Crippen molar-refractivity contribution in [3.05, 3.63) is 0 Å². The number of carbonyl (C=O) groups excluding carboxylic acids is 1. The Balaban J connectivity index is 3.88. The Morgan fingerprint density at radius 3 is 2.71 bits per heavy atom. The van der Waals surface area contributed by atoms with E-state index in [1.807, 2.05) is 13.0 Å². The van der Waals surface area contributed by atoms with Crippen molar-refractivity contribution < 1.29 is 14.6 Å². The van der Waals surface area contributed by atoms with Crippen LogP contribution in [0.1, 0.15) is 33.1 Å². The van der Waals surface area contributed by atoms with Crippen LogP contribution in [0, 0.1) is 17.2 Å². The van der Waals surface area contributed by atoms with Crippen molar-refractivity contribution in [1.82, 2.24) is 0 Å². The van der Waals surface area contributed by atoms with E-state index in [9.17, 15) is 4.79 Å². The first-order valence-corrected chi connectivity index (χ1v) is 4.86. The maximum absolute atomic E-state index is 11.2. The average molecular weight is 199 g/mol. The zero-order chi connectivity index (χ0) is 11.0. The van der Waals surface area contributed by atoms with Crippen molar-refractivity contribution in [2.75, 3.05) is 6.61 Å². The summed E-state index contributed by atoms with van der Waals surface area (Å²) in [5.74, 6) is -1.37. The van der Waals surface area contributed by atoms with Gasteiger partial charge in [0.15, 0.2) is 0 Å². The molecule has 0 fully saturated rings.